The molecule has 0 bridgehead atoms. The van der Waals surface area contributed by atoms with Crippen molar-refractivity contribution in [3.63, 3.8) is 0 Å². The van der Waals surface area contributed by atoms with Crippen LogP contribution in [0.5, 0.6) is 0 Å². The number of carbonyl (C=O) groups is 1. The summed E-state index contributed by atoms with van der Waals surface area (Å²) in [5.74, 6) is -0.0949. The number of nitrogen functional groups attached to an aromatic ring is 1. The molecule has 0 aromatic carbocycles. The second-order valence-corrected chi connectivity index (χ2v) is 4.62. The van der Waals surface area contributed by atoms with Gasteiger partial charge in [-0.3, -0.25) is 9.78 Å². The SMILES string of the molecule is Cl.Nc1ccncc1C(=O)NC1CCCCCC1. The fraction of sp³-hybridized carbons (Fsp3) is 0.538. The number of halogens is 1. The van der Waals surface area contributed by atoms with E-state index < -0.39 is 0 Å². The van der Waals surface area contributed by atoms with Crippen LogP contribution in [0.15, 0.2) is 18.5 Å². The Morgan fingerprint density at radius 3 is 2.56 bits per heavy atom. The Bertz CT molecular complexity index is 390. The maximum Gasteiger partial charge on any atom is 0.255 e. The third kappa shape index (κ3) is 3.88. The van der Waals surface area contributed by atoms with Crippen LogP contribution >= 0.6 is 12.4 Å². The molecule has 1 aromatic heterocycles. The molecule has 1 aliphatic rings. The molecule has 0 unspecified atom stereocenters. The second kappa shape index (κ2) is 7.21. The van der Waals surface area contributed by atoms with Gasteiger partial charge in [-0.15, -0.1) is 12.4 Å². The molecule has 1 amide bonds. The van der Waals surface area contributed by atoms with E-state index >= 15 is 0 Å². The van der Waals surface area contributed by atoms with E-state index in [-0.39, 0.29) is 18.3 Å². The Kier molecular flexibility index (Phi) is 5.92. The van der Waals surface area contributed by atoms with Crippen LogP contribution in [0.1, 0.15) is 48.9 Å². The molecule has 2 rings (SSSR count). The summed E-state index contributed by atoms with van der Waals surface area (Å²) in [6.07, 6.45) is 10.2. The Morgan fingerprint density at radius 2 is 1.94 bits per heavy atom. The summed E-state index contributed by atoms with van der Waals surface area (Å²) in [5.41, 5.74) is 6.73. The van der Waals surface area contributed by atoms with Crippen LogP contribution in [0.3, 0.4) is 0 Å². The minimum atomic E-state index is -0.0949. The molecule has 1 fully saturated rings. The number of amides is 1. The van der Waals surface area contributed by atoms with Gasteiger partial charge in [-0.05, 0) is 18.9 Å². The zero-order valence-electron chi connectivity index (χ0n) is 10.4. The molecule has 4 nitrogen and oxygen atoms in total. The van der Waals surface area contributed by atoms with E-state index in [9.17, 15) is 4.79 Å². The zero-order chi connectivity index (χ0) is 12.1. The van der Waals surface area contributed by atoms with Gasteiger partial charge < -0.3 is 11.1 Å². The normalized spacial score (nSPS) is 16.4. The molecule has 5 heteroatoms. The van der Waals surface area contributed by atoms with Crippen molar-refractivity contribution in [2.24, 2.45) is 0 Å². The van der Waals surface area contributed by atoms with E-state index in [1.165, 1.54) is 31.9 Å². The zero-order valence-corrected chi connectivity index (χ0v) is 11.2. The quantitative estimate of drug-likeness (QED) is 0.811. The van der Waals surface area contributed by atoms with E-state index in [0.29, 0.717) is 17.3 Å². The maximum absolute atomic E-state index is 12.0. The lowest BCUT2D eigenvalue weighted by Gasteiger charge is -2.16. The van der Waals surface area contributed by atoms with Crippen LogP contribution in [0.2, 0.25) is 0 Å². The lowest BCUT2D eigenvalue weighted by atomic mass is 10.1. The summed E-state index contributed by atoms with van der Waals surface area (Å²) in [6.45, 7) is 0. The number of nitrogens with one attached hydrogen (secondary N) is 1. The van der Waals surface area contributed by atoms with Crippen molar-refractivity contribution < 1.29 is 4.79 Å². The smallest absolute Gasteiger partial charge is 0.255 e. The van der Waals surface area contributed by atoms with Gasteiger partial charge in [0, 0.05) is 24.1 Å². The average Bonchev–Trinajstić information content (AvgIpc) is 2.58. The molecular formula is C13H20ClN3O. The summed E-state index contributed by atoms with van der Waals surface area (Å²) in [5, 5.41) is 3.06. The molecule has 0 saturated heterocycles. The number of aromatic nitrogens is 1. The maximum atomic E-state index is 12.0. The Balaban J connectivity index is 0.00000162. The fourth-order valence-electron chi connectivity index (χ4n) is 2.28. The van der Waals surface area contributed by atoms with Crippen LogP contribution in [-0.2, 0) is 0 Å². The first-order chi connectivity index (χ1) is 8.27. The average molecular weight is 270 g/mol. The molecule has 0 radical (unpaired) electrons. The first-order valence-corrected chi connectivity index (χ1v) is 6.28. The fourth-order valence-corrected chi connectivity index (χ4v) is 2.28. The number of hydrogen-bond donors (Lipinski definition) is 2. The van der Waals surface area contributed by atoms with Gasteiger partial charge in [-0.1, -0.05) is 25.7 Å². The van der Waals surface area contributed by atoms with Gasteiger partial charge in [-0.2, -0.15) is 0 Å². The number of pyridine rings is 1. The van der Waals surface area contributed by atoms with E-state index in [4.69, 9.17) is 5.73 Å². The molecule has 0 atom stereocenters. The van der Waals surface area contributed by atoms with Crippen LogP contribution in [0, 0.1) is 0 Å². The Hall–Kier alpha value is -1.29. The van der Waals surface area contributed by atoms with Gasteiger partial charge in [0.1, 0.15) is 0 Å². The van der Waals surface area contributed by atoms with E-state index in [0.717, 1.165) is 12.8 Å². The summed E-state index contributed by atoms with van der Waals surface area (Å²) in [7, 11) is 0. The van der Waals surface area contributed by atoms with Crippen molar-refractivity contribution in [3.8, 4) is 0 Å². The molecule has 1 aromatic rings. The molecule has 0 aliphatic heterocycles. The van der Waals surface area contributed by atoms with Gasteiger partial charge in [0.2, 0.25) is 0 Å². The monoisotopic (exact) mass is 269 g/mol. The molecule has 1 heterocycles. The molecular weight excluding hydrogens is 250 g/mol. The Morgan fingerprint density at radius 1 is 1.28 bits per heavy atom. The van der Waals surface area contributed by atoms with Crippen molar-refractivity contribution >= 4 is 24.0 Å². The summed E-state index contributed by atoms with van der Waals surface area (Å²) >= 11 is 0. The van der Waals surface area contributed by atoms with Crippen molar-refractivity contribution in [1.82, 2.24) is 10.3 Å². The van der Waals surface area contributed by atoms with Crippen LogP contribution in [0.4, 0.5) is 5.69 Å². The van der Waals surface area contributed by atoms with Gasteiger partial charge >= 0.3 is 0 Å². The number of carbonyl (C=O) groups excluding carboxylic acids is 1. The lowest BCUT2D eigenvalue weighted by Crippen LogP contribution is -2.34. The molecule has 1 saturated carbocycles. The first kappa shape index (κ1) is 14.8. The van der Waals surface area contributed by atoms with Gasteiger partial charge in [0.05, 0.1) is 5.56 Å². The van der Waals surface area contributed by atoms with Gasteiger partial charge in [-0.25, -0.2) is 0 Å². The lowest BCUT2D eigenvalue weighted by molar-refractivity contribution is 0.0934. The molecule has 1 aliphatic carbocycles. The minimum Gasteiger partial charge on any atom is -0.398 e. The third-order valence-electron chi connectivity index (χ3n) is 3.29. The number of anilines is 1. The van der Waals surface area contributed by atoms with Gasteiger partial charge in [0.25, 0.3) is 5.91 Å². The van der Waals surface area contributed by atoms with E-state index in [2.05, 4.69) is 10.3 Å². The molecule has 3 N–H and O–H groups in total. The van der Waals surface area contributed by atoms with E-state index in [1.54, 1.807) is 12.3 Å². The number of nitrogens with two attached hydrogens (primary N) is 1. The molecule has 18 heavy (non-hydrogen) atoms. The number of rotatable bonds is 2. The number of nitrogens with zero attached hydrogens (tertiary/aromatic N) is 1. The summed E-state index contributed by atoms with van der Waals surface area (Å²) in [6, 6.07) is 1.95. The van der Waals surface area contributed by atoms with Crippen LogP contribution in [0.25, 0.3) is 0 Å². The molecule has 100 valence electrons. The van der Waals surface area contributed by atoms with Crippen molar-refractivity contribution in [2.75, 3.05) is 5.73 Å². The van der Waals surface area contributed by atoms with Crippen molar-refractivity contribution in [1.29, 1.82) is 0 Å². The molecule has 0 spiro atoms. The Labute approximate surface area is 114 Å². The third-order valence-corrected chi connectivity index (χ3v) is 3.29. The highest BCUT2D eigenvalue weighted by atomic mass is 35.5. The number of hydrogen-bond acceptors (Lipinski definition) is 3. The standard InChI is InChI=1S/C13H19N3O.ClH/c14-12-7-8-15-9-11(12)13(17)16-10-5-3-1-2-4-6-10;/h7-10H,1-6H2,(H2,14,15)(H,16,17);1H. The topological polar surface area (TPSA) is 68.0 Å². The van der Waals surface area contributed by atoms with Crippen molar-refractivity contribution in [3.05, 3.63) is 24.0 Å². The largest absolute Gasteiger partial charge is 0.398 e. The highest BCUT2D eigenvalue weighted by Crippen LogP contribution is 2.18. The predicted molar refractivity (Wildman–Crippen MR) is 74.9 cm³/mol. The van der Waals surface area contributed by atoms with Crippen LogP contribution in [-0.4, -0.2) is 16.9 Å². The van der Waals surface area contributed by atoms with Crippen LogP contribution < -0.4 is 11.1 Å². The summed E-state index contributed by atoms with van der Waals surface area (Å²) in [4.78, 5) is 16.0. The predicted octanol–water partition coefficient (Wildman–Crippen LogP) is 2.54. The van der Waals surface area contributed by atoms with E-state index in [1.807, 2.05) is 0 Å². The second-order valence-electron chi connectivity index (χ2n) is 4.62. The first-order valence-electron chi connectivity index (χ1n) is 6.28. The van der Waals surface area contributed by atoms with Crippen molar-refractivity contribution in [2.45, 2.75) is 44.6 Å². The van der Waals surface area contributed by atoms with Gasteiger partial charge in [0.15, 0.2) is 0 Å². The summed E-state index contributed by atoms with van der Waals surface area (Å²) < 4.78 is 0. The highest BCUT2D eigenvalue weighted by molar-refractivity contribution is 5.98. The minimum absolute atomic E-state index is 0. The highest BCUT2D eigenvalue weighted by Gasteiger charge is 2.17.